The molecule has 0 aromatic heterocycles. The third kappa shape index (κ3) is 3.23. The first-order valence-corrected chi connectivity index (χ1v) is 6.48. The molecule has 0 saturated carbocycles. The Balaban J connectivity index is 2.03. The van der Waals surface area contributed by atoms with E-state index in [-0.39, 0.29) is 11.7 Å². The molecule has 19 heavy (non-hydrogen) atoms. The van der Waals surface area contributed by atoms with Gasteiger partial charge in [-0.3, -0.25) is 4.79 Å². The summed E-state index contributed by atoms with van der Waals surface area (Å²) in [6, 6.07) is 4.41. The summed E-state index contributed by atoms with van der Waals surface area (Å²) in [5.74, 6) is -0.354. The van der Waals surface area contributed by atoms with Crippen LogP contribution in [0.25, 0.3) is 0 Å². The standard InChI is InChI=1S/C14H19FN2O2/c1-10-4-3-5-12(15)13(10)16-11(2)14(18)17-6-8-19-9-7-17/h3-5,11,16H,6-9H2,1-2H3. The van der Waals surface area contributed by atoms with E-state index in [0.717, 1.165) is 5.56 Å². The van der Waals surface area contributed by atoms with E-state index in [2.05, 4.69) is 5.32 Å². The van der Waals surface area contributed by atoms with Gasteiger partial charge in [-0.05, 0) is 25.5 Å². The molecule has 1 fully saturated rings. The number of carbonyl (C=O) groups excluding carboxylic acids is 1. The maximum Gasteiger partial charge on any atom is 0.244 e. The second-order valence-corrected chi connectivity index (χ2v) is 4.74. The van der Waals surface area contributed by atoms with E-state index < -0.39 is 6.04 Å². The molecule has 1 N–H and O–H groups in total. The minimum atomic E-state index is -0.450. The molecule has 1 aliphatic rings. The van der Waals surface area contributed by atoms with Crippen LogP contribution in [0.5, 0.6) is 0 Å². The number of benzene rings is 1. The quantitative estimate of drug-likeness (QED) is 0.907. The van der Waals surface area contributed by atoms with Gasteiger partial charge in [0.1, 0.15) is 11.9 Å². The average molecular weight is 266 g/mol. The van der Waals surface area contributed by atoms with Crippen LogP contribution in [0.15, 0.2) is 18.2 Å². The van der Waals surface area contributed by atoms with Crippen LogP contribution in [0, 0.1) is 12.7 Å². The zero-order valence-electron chi connectivity index (χ0n) is 11.3. The van der Waals surface area contributed by atoms with Crippen LogP contribution in [0.2, 0.25) is 0 Å². The van der Waals surface area contributed by atoms with Crippen molar-refractivity contribution in [2.75, 3.05) is 31.6 Å². The van der Waals surface area contributed by atoms with E-state index in [1.54, 1.807) is 17.9 Å². The number of aryl methyl sites for hydroxylation is 1. The first-order chi connectivity index (χ1) is 9.09. The first-order valence-electron chi connectivity index (χ1n) is 6.48. The van der Waals surface area contributed by atoms with Gasteiger partial charge in [-0.15, -0.1) is 0 Å². The summed E-state index contributed by atoms with van der Waals surface area (Å²) in [6.45, 7) is 5.90. The molecule has 1 unspecified atom stereocenters. The van der Waals surface area contributed by atoms with E-state index >= 15 is 0 Å². The molecule has 1 aromatic rings. The fourth-order valence-corrected chi connectivity index (χ4v) is 2.15. The molecule has 1 aromatic carbocycles. The molecule has 1 saturated heterocycles. The Morgan fingerprint density at radius 1 is 1.42 bits per heavy atom. The minimum absolute atomic E-state index is 0.0223. The van der Waals surface area contributed by atoms with Crippen LogP contribution in [-0.2, 0) is 9.53 Å². The van der Waals surface area contributed by atoms with Gasteiger partial charge in [-0.1, -0.05) is 12.1 Å². The van der Waals surface area contributed by atoms with Gasteiger partial charge >= 0.3 is 0 Å². The summed E-state index contributed by atoms with van der Waals surface area (Å²) in [6.07, 6.45) is 0. The summed E-state index contributed by atoms with van der Waals surface area (Å²) in [7, 11) is 0. The van der Waals surface area contributed by atoms with Crippen LogP contribution in [-0.4, -0.2) is 43.2 Å². The Labute approximate surface area is 112 Å². The van der Waals surface area contributed by atoms with Gasteiger partial charge in [0.15, 0.2) is 0 Å². The lowest BCUT2D eigenvalue weighted by molar-refractivity contribution is -0.135. The van der Waals surface area contributed by atoms with Gasteiger partial charge in [-0.25, -0.2) is 4.39 Å². The van der Waals surface area contributed by atoms with Crippen molar-refractivity contribution in [2.45, 2.75) is 19.9 Å². The number of halogens is 1. The van der Waals surface area contributed by atoms with E-state index in [0.29, 0.717) is 32.0 Å². The maximum absolute atomic E-state index is 13.7. The van der Waals surface area contributed by atoms with Gasteiger partial charge in [0.2, 0.25) is 5.91 Å². The van der Waals surface area contributed by atoms with Crippen LogP contribution in [0.3, 0.4) is 0 Å². The number of nitrogens with zero attached hydrogens (tertiary/aromatic N) is 1. The van der Waals surface area contributed by atoms with Gasteiger partial charge in [0, 0.05) is 13.1 Å². The normalized spacial score (nSPS) is 17.1. The van der Waals surface area contributed by atoms with Crippen molar-refractivity contribution < 1.29 is 13.9 Å². The third-order valence-corrected chi connectivity index (χ3v) is 3.28. The number of rotatable bonds is 3. The zero-order chi connectivity index (χ0) is 13.8. The predicted molar refractivity (Wildman–Crippen MR) is 71.6 cm³/mol. The van der Waals surface area contributed by atoms with Crippen molar-refractivity contribution in [3.63, 3.8) is 0 Å². The second kappa shape index (κ2) is 6.02. The van der Waals surface area contributed by atoms with Gasteiger partial charge in [-0.2, -0.15) is 0 Å². The lowest BCUT2D eigenvalue weighted by atomic mass is 10.1. The SMILES string of the molecule is Cc1cccc(F)c1NC(C)C(=O)N1CCOCC1. The molecule has 0 bridgehead atoms. The summed E-state index contributed by atoms with van der Waals surface area (Å²) in [5.41, 5.74) is 1.19. The lowest BCUT2D eigenvalue weighted by Crippen LogP contribution is -2.47. The number of anilines is 1. The lowest BCUT2D eigenvalue weighted by Gasteiger charge is -2.30. The molecule has 1 aliphatic heterocycles. The molecule has 0 spiro atoms. The Hall–Kier alpha value is -1.62. The summed E-state index contributed by atoms with van der Waals surface area (Å²) >= 11 is 0. The molecule has 5 heteroatoms. The Kier molecular flexibility index (Phi) is 4.37. The number of carbonyl (C=O) groups is 1. The average Bonchev–Trinajstić information content (AvgIpc) is 2.43. The van der Waals surface area contributed by atoms with Crippen molar-refractivity contribution >= 4 is 11.6 Å². The topological polar surface area (TPSA) is 41.6 Å². The fourth-order valence-electron chi connectivity index (χ4n) is 2.15. The predicted octanol–water partition coefficient (Wildman–Crippen LogP) is 1.79. The van der Waals surface area contributed by atoms with Crippen LogP contribution >= 0.6 is 0 Å². The fraction of sp³-hybridized carbons (Fsp3) is 0.500. The summed E-state index contributed by atoms with van der Waals surface area (Å²) < 4.78 is 18.9. The Morgan fingerprint density at radius 3 is 2.74 bits per heavy atom. The smallest absolute Gasteiger partial charge is 0.244 e. The first kappa shape index (κ1) is 13.8. The monoisotopic (exact) mass is 266 g/mol. The van der Waals surface area contributed by atoms with Crippen LogP contribution < -0.4 is 5.32 Å². The highest BCUT2D eigenvalue weighted by Crippen LogP contribution is 2.20. The van der Waals surface area contributed by atoms with Gasteiger partial charge in [0.25, 0.3) is 0 Å². The number of nitrogens with one attached hydrogen (secondary N) is 1. The second-order valence-electron chi connectivity index (χ2n) is 4.74. The minimum Gasteiger partial charge on any atom is -0.378 e. The maximum atomic E-state index is 13.7. The van der Waals surface area contributed by atoms with Crippen molar-refractivity contribution in [3.8, 4) is 0 Å². The number of para-hydroxylation sites is 1. The van der Waals surface area contributed by atoms with Gasteiger partial charge in [0.05, 0.1) is 18.9 Å². The molecule has 0 aliphatic carbocycles. The summed E-state index contributed by atoms with van der Waals surface area (Å²) in [5, 5.41) is 2.97. The molecule has 1 heterocycles. The van der Waals surface area contributed by atoms with E-state index in [1.807, 2.05) is 13.0 Å². The van der Waals surface area contributed by atoms with E-state index in [1.165, 1.54) is 6.07 Å². The molecule has 4 nitrogen and oxygen atoms in total. The Bertz CT molecular complexity index is 439. The van der Waals surface area contributed by atoms with Crippen LogP contribution in [0.1, 0.15) is 12.5 Å². The molecule has 0 radical (unpaired) electrons. The molecule has 1 atom stereocenters. The van der Waals surface area contributed by atoms with Crippen molar-refractivity contribution in [1.82, 2.24) is 4.90 Å². The highest BCUT2D eigenvalue weighted by molar-refractivity contribution is 5.84. The highest BCUT2D eigenvalue weighted by Gasteiger charge is 2.23. The van der Waals surface area contributed by atoms with Crippen molar-refractivity contribution in [2.24, 2.45) is 0 Å². The number of amides is 1. The summed E-state index contributed by atoms with van der Waals surface area (Å²) in [4.78, 5) is 14.0. The molecular weight excluding hydrogens is 247 g/mol. The third-order valence-electron chi connectivity index (χ3n) is 3.28. The Morgan fingerprint density at radius 2 is 2.11 bits per heavy atom. The number of hydrogen-bond acceptors (Lipinski definition) is 3. The molecule has 2 rings (SSSR count). The molecule has 1 amide bonds. The van der Waals surface area contributed by atoms with E-state index in [4.69, 9.17) is 4.74 Å². The number of ether oxygens (including phenoxy) is 1. The van der Waals surface area contributed by atoms with Crippen molar-refractivity contribution in [3.05, 3.63) is 29.6 Å². The highest BCUT2D eigenvalue weighted by atomic mass is 19.1. The van der Waals surface area contributed by atoms with Gasteiger partial charge < -0.3 is 15.0 Å². The van der Waals surface area contributed by atoms with E-state index in [9.17, 15) is 9.18 Å². The zero-order valence-corrected chi connectivity index (χ0v) is 11.3. The van der Waals surface area contributed by atoms with Crippen molar-refractivity contribution in [1.29, 1.82) is 0 Å². The van der Waals surface area contributed by atoms with Crippen LogP contribution in [0.4, 0.5) is 10.1 Å². The molecule has 104 valence electrons. The largest absolute Gasteiger partial charge is 0.378 e. The number of morpholine rings is 1. The number of hydrogen-bond donors (Lipinski definition) is 1. The molecular formula is C14H19FN2O2.